The number of hydrogen-bond acceptors (Lipinski definition) is 4. The van der Waals surface area contributed by atoms with Crippen molar-refractivity contribution in [3.8, 4) is 5.75 Å². The molecule has 1 atom stereocenters. The molecule has 1 aliphatic heterocycles. The first-order valence-corrected chi connectivity index (χ1v) is 9.73. The van der Waals surface area contributed by atoms with Crippen LogP contribution < -0.4 is 15.0 Å². The normalized spacial score (nSPS) is 15.6. The Hall–Kier alpha value is -2.67. The highest BCUT2D eigenvalue weighted by Gasteiger charge is 2.29. The molecule has 1 aliphatic rings. The maximum Gasteiger partial charge on any atom is 0.267 e. The van der Waals surface area contributed by atoms with Gasteiger partial charge in [0, 0.05) is 29.9 Å². The largest absolute Gasteiger partial charge is 0.479 e. The van der Waals surface area contributed by atoms with Gasteiger partial charge in [0.1, 0.15) is 5.75 Å². The van der Waals surface area contributed by atoms with Gasteiger partial charge in [-0.1, -0.05) is 6.07 Å². The molecule has 1 unspecified atom stereocenters. The molecule has 28 heavy (non-hydrogen) atoms. The van der Waals surface area contributed by atoms with Crippen molar-refractivity contribution in [2.75, 3.05) is 17.3 Å². The van der Waals surface area contributed by atoms with Gasteiger partial charge in [-0.2, -0.15) is 0 Å². The Morgan fingerprint density at radius 1 is 1.18 bits per heavy atom. The first kappa shape index (κ1) is 20.1. The van der Waals surface area contributed by atoms with E-state index in [2.05, 4.69) is 21.2 Å². The first-order chi connectivity index (χ1) is 13.3. The summed E-state index contributed by atoms with van der Waals surface area (Å²) in [5.41, 5.74) is 2.75. The third-order valence-corrected chi connectivity index (χ3v) is 5.26. The molecule has 0 aliphatic carbocycles. The third-order valence-electron chi connectivity index (χ3n) is 4.60. The Morgan fingerprint density at radius 3 is 2.64 bits per heavy atom. The van der Waals surface area contributed by atoms with Crippen LogP contribution in [-0.2, 0) is 9.59 Å². The summed E-state index contributed by atoms with van der Waals surface area (Å²) < 4.78 is 6.36. The molecule has 2 aromatic carbocycles. The summed E-state index contributed by atoms with van der Waals surface area (Å²) in [7, 11) is 1.65. The van der Waals surface area contributed by atoms with E-state index in [4.69, 9.17) is 4.74 Å². The van der Waals surface area contributed by atoms with Crippen LogP contribution in [0.4, 0.5) is 11.4 Å². The summed E-state index contributed by atoms with van der Waals surface area (Å²) in [6.07, 6.45) is -0.412. The lowest BCUT2D eigenvalue weighted by atomic mass is 10.0. The molecule has 0 radical (unpaired) electrons. The quantitative estimate of drug-likeness (QED) is 0.704. The highest BCUT2D eigenvalue weighted by Crippen LogP contribution is 2.34. The van der Waals surface area contributed by atoms with Gasteiger partial charge in [0.2, 0.25) is 5.91 Å². The number of carbonyl (C=O) groups excluding carboxylic acids is 3. The Bertz CT molecular complexity index is 957. The van der Waals surface area contributed by atoms with Crippen molar-refractivity contribution >= 4 is 44.9 Å². The van der Waals surface area contributed by atoms with E-state index in [0.29, 0.717) is 22.7 Å². The number of carbonyl (C=O) groups is 3. The summed E-state index contributed by atoms with van der Waals surface area (Å²) >= 11 is 3.42. The predicted octanol–water partition coefficient (Wildman–Crippen LogP) is 4.10. The molecule has 0 spiro atoms. The fraction of sp³-hybridized carbons (Fsp3) is 0.286. The molecular formula is C21H21BrN2O4. The van der Waals surface area contributed by atoms with Crippen LogP contribution in [0.2, 0.25) is 0 Å². The van der Waals surface area contributed by atoms with E-state index < -0.39 is 6.10 Å². The number of fused-ring (bicyclic) bond motifs is 1. The fourth-order valence-corrected chi connectivity index (χ4v) is 3.58. The van der Waals surface area contributed by atoms with Crippen LogP contribution in [0.25, 0.3) is 0 Å². The number of benzene rings is 2. The fourth-order valence-electron chi connectivity index (χ4n) is 2.99. The average molecular weight is 445 g/mol. The summed E-state index contributed by atoms with van der Waals surface area (Å²) in [5, 5.41) is 2.80. The van der Waals surface area contributed by atoms with Gasteiger partial charge in [0.25, 0.3) is 5.91 Å². The van der Waals surface area contributed by atoms with Gasteiger partial charge in [-0.15, -0.1) is 0 Å². The number of likely N-dealkylation sites (N-methyl/N-ethyl adjacent to an activating group) is 1. The summed E-state index contributed by atoms with van der Waals surface area (Å²) in [5.74, 6) is -0.00558. The van der Waals surface area contributed by atoms with Crippen molar-refractivity contribution in [1.29, 1.82) is 0 Å². The van der Waals surface area contributed by atoms with Crippen LogP contribution in [0, 0.1) is 6.92 Å². The van der Waals surface area contributed by atoms with Crippen molar-refractivity contribution < 1.29 is 19.1 Å². The number of hydrogen-bond donors (Lipinski definition) is 1. The maximum atomic E-state index is 12.5. The molecule has 0 bridgehead atoms. The standard InChI is InChI=1S/C21H21BrN2O4/c1-12-4-6-16(15(22)10-12)23-20(26)9-7-18(25)14-5-8-19-17(11-14)24(3)21(27)13(2)28-19/h4-6,8,10-11,13H,7,9H2,1-3H3,(H,23,26). The lowest BCUT2D eigenvalue weighted by Gasteiger charge is -2.30. The second-order valence-corrected chi connectivity index (χ2v) is 7.65. The van der Waals surface area contributed by atoms with Gasteiger partial charge < -0.3 is 15.0 Å². The zero-order valence-corrected chi connectivity index (χ0v) is 17.5. The third kappa shape index (κ3) is 4.25. The number of ether oxygens (including phenoxy) is 1. The first-order valence-electron chi connectivity index (χ1n) is 8.93. The molecule has 0 fully saturated rings. The highest BCUT2D eigenvalue weighted by atomic mass is 79.9. The summed E-state index contributed by atoms with van der Waals surface area (Å²) in [4.78, 5) is 38.3. The Morgan fingerprint density at radius 2 is 1.93 bits per heavy atom. The van der Waals surface area contributed by atoms with E-state index >= 15 is 0 Å². The molecule has 3 rings (SSSR count). The van der Waals surface area contributed by atoms with Gasteiger partial charge in [0.15, 0.2) is 11.9 Å². The van der Waals surface area contributed by atoms with E-state index in [-0.39, 0.29) is 30.4 Å². The van der Waals surface area contributed by atoms with Crippen LogP contribution in [0.5, 0.6) is 5.75 Å². The number of rotatable bonds is 5. The number of Topliss-reactive ketones (excluding diaryl/α,β-unsaturated/α-hetero) is 1. The lowest BCUT2D eigenvalue weighted by molar-refractivity contribution is -0.125. The predicted molar refractivity (Wildman–Crippen MR) is 111 cm³/mol. The second-order valence-electron chi connectivity index (χ2n) is 6.79. The smallest absolute Gasteiger partial charge is 0.267 e. The number of ketones is 1. The van der Waals surface area contributed by atoms with Crippen LogP contribution in [-0.4, -0.2) is 30.7 Å². The molecule has 6 nitrogen and oxygen atoms in total. The van der Waals surface area contributed by atoms with E-state index in [1.165, 1.54) is 4.90 Å². The second kappa shape index (κ2) is 8.14. The molecule has 2 amide bonds. The van der Waals surface area contributed by atoms with Crippen LogP contribution in [0.15, 0.2) is 40.9 Å². The Labute approximate surface area is 172 Å². The van der Waals surface area contributed by atoms with Gasteiger partial charge in [-0.3, -0.25) is 14.4 Å². The Kier molecular flexibility index (Phi) is 5.84. The SMILES string of the molecule is Cc1ccc(NC(=O)CCC(=O)c2ccc3c(c2)N(C)C(=O)C(C)O3)c(Br)c1. The van der Waals surface area contributed by atoms with E-state index in [1.807, 2.05) is 25.1 Å². The van der Waals surface area contributed by atoms with Crippen molar-refractivity contribution in [2.24, 2.45) is 0 Å². The van der Waals surface area contributed by atoms with Crippen molar-refractivity contribution in [2.45, 2.75) is 32.8 Å². The molecule has 146 valence electrons. The van der Waals surface area contributed by atoms with E-state index in [1.54, 1.807) is 32.2 Å². The molecule has 0 saturated heterocycles. The number of aryl methyl sites for hydroxylation is 1. The molecular weight excluding hydrogens is 424 g/mol. The zero-order valence-electron chi connectivity index (χ0n) is 15.9. The summed E-state index contributed by atoms with van der Waals surface area (Å²) in [6.45, 7) is 3.65. The highest BCUT2D eigenvalue weighted by molar-refractivity contribution is 9.10. The minimum absolute atomic E-state index is 0.0680. The summed E-state index contributed by atoms with van der Waals surface area (Å²) in [6, 6.07) is 10.6. The Balaban J connectivity index is 1.64. The monoisotopic (exact) mass is 444 g/mol. The number of amides is 2. The van der Waals surface area contributed by atoms with E-state index in [0.717, 1.165) is 10.0 Å². The van der Waals surface area contributed by atoms with Crippen LogP contribution >= 0.6 is 15.9 Å². The molecule has 1 heterocycles. The zero-order chi connectivity index (χ0) is 20.4. The molecule has 7 heteroatoms. The van der Waals surface area contributed by atoms with Gasteiger partial charge in [0.05, 0.1) is 11.4 Å². The van der Waals surface area contributed by atoms with Gasteiger partial charge in [-0.25, -0.2) is 0 Å². The average Bonchev–Trinajstić information content (AvgIpc) is 2.66. The minimum atomic E-state index is -0.552. The van der Waals surface area contributed by atoms with Crippen LogP contribution in [0.3, 0.4) is 0 Å². The molecule has 0 aromatic heterocycles. The minimum Gasteiger partial charge on any atom is -0.479 e. The molecule has 0 saturated carbocycles. The molecule has 2 aromatic rings. The lowest BCUT2D eigenvalue weighted by Crippen LogP contribution is -2.42. The number of halogens is 1. The topological polar surface area (TPSA) is 75.7 Å². The van der Waals surface area contributed by atoms with Crippen molar-refractivity contribution in [3.63, 3.8) is 0 Å². The molecule has 1 N–H and O–H groups in total. The van der Waals surface area contributed by atoms with Crippen molar-refractivity contribution in [3.05, 3.63) is 52.0 Å². The van der Waals surface area contributed by atoms with E-state index in [9.17, 15) is 14.4 Å². The number of nitrogens with one attached hydrogen (secondary N) is 1. The maximum absolute atomic E-state index is 12.5. The van der Waals surface area contributed by atoms with Gasteiger partial charge in [-0.05, 0) is 65.7 Å². The number of anilines is 2. The number of nitrogens with zero attached hydrogens (tertiary/aromatic N) is 1. The van der Waals surface area contributed by atoms with Crippen molar-refractivity contribution in [1.82, 2.24) is 0 Å². The van der Waals surface area contributed by atoms with Crippen LogP contribution in [0.1, 0.15) is 35.7 Å². The van der Waals surface area contributed by atoms with Gasteiger partial charge >= 0.3 is 0 Å².